The van der Waals surface area contributed by atoms with Gasteiger partial charge in [0.1, 0.15) is 6.04 Å². The smallest absolute Gasteiger partial charge is 0.297 e. The quantitative estimate of drug-likeness (QED) is 0.592. The molecule has 28 heavy (non-hydrogen) atoms. The minimum Gasteiger partial charge on any atom is -0.297 e. The van der Waals surface area contributed by atoms with Gasteiger partial charge in [-0.3, -0.25) is 24.0 Å². The lowest BCUT2D eigenvalue weighted by Gasteiger charge is -2.18. The van der Waals surface area contributed by atoms with Crippen molar-refractivity contribution < 1.29 is 9.59 Å². The molecule has 0 aliphatic carbocycles. The maximum Gasteiger partial charge on any atom is 0.329 e. The molecule has 0 saturated heterocycles. The Labute approximate surface area is 166 Å². The molecule has 2 amide bonds. The highest BCUT2D eigenvalue weighted by Crippen LogP contribution is 2.30. The van der Waals surface area contributed by atoms with Crippen molar-refractivity contribution in [3.8, 4) is 0 Å². The zero-order valence-electron chi connectivity index (χ0n) is 17.5. The first-order chi connectivity index (χ1) is 13.5. The van der Waals surface area contributed by atoms with Crippen molar-refractivity contribution in [2.75, 3.05) is 0 Å². The summed E-state index contributed by atoms with van der Waals surface area (Å²) in [6.45, 7) is 6.36. The number of nitrogens with one attached hydrogen (secondary N) is 1. The van der Waals surface area contributed by atoms with Gasteiger partial charge in [-0.1, -0.05) is 52.5 Å². The van der Waals surface area contributed by atoms with Gasteiger partial charge in [-0.25, -0.2) is 4.79 Å². The summed E-state index contributed by atoms with van der Waals surface area (Å²) in [5.41, 5.74) is 2.59. The highest BCUT2D eigenvalue weighted by molar-refractivity contribution is 5.90. The first-order valence-corrected chi connectivity index (χ1v) is 10.4. The van der Waals surface area contributed by atoms with Crippen molar-refractivity contribution >= 4 is 23.4 Å². The number of hydrogen-bond acceptors (Lipinski definition) is 3. The van der Waals surface area contributed by atoms with Crippen LogP contribution in [0, 0.1) is 0 Å². The summed E-state index contributed by atoms with van der Waals surface area (Å²) in [6.07, 6.45) is 7.35. The molecular formula is C22H33N3O3. The van der Waals surface area contributed by atoms with E-state index in [0.29, 0.717) is 18.7 Å². The monoisotopic (exact) mass is 387 g/mol. The minimum atomic E-state index is -0.691. The van der Waals surface area contributed by atoms with Crippen LogP contribution in [0.2, 0.25) is 0 Å². The highest BCUT2D eigenvalue weighted by atomic mass is 16.2. The number of imide groups is 1. The number of aryl methyl sites for hydroxylation is 1. The molecule has 2 aromatic rings. The largest absolute Gasteiger partial charge is 0.329 e. The van der Waals surface area contributed by atoms with E-state index in [2.05, 4.69) is 31.3 Å². The Morgan fingerprint density at radius 1 is 1.07 bits per heavy atom. The van der Waals surface area contributed by atoms with Gasteiger partial charge in [-0.2, -0.15) is 0 Å². The molecule has 2 atom stereocenters. The van der Waals surface area contributed by atoms with E-state index in [-0.39, 0.29) is 5.69 Å². The van der Waals surface area contributed by atoms with Crippen LogP contribution >= 0.6 is 0 Å². The van der Waals surface area contributed by atoms with Crippen LogP contribution in [0.25, 0.3) is 11.0 Å². The second-order valence-corrected chi connectivity index (χ2v) is 7.52. The van der Waals surface area contributed by atoms with Crippen LogP contribution in [0.4, 0.5) is 0 Å². The molecule has 1 N–H and O–H groups in total. The van der Waals surface area contributed by atoms with Crippen LogP contribution in [0.3, 0.4) is 0 Å². The van der Waals surface area contributed by atoms with Crippen LogP contribution in [0.15, 0.2) is 23.0 Å². The fraction of sp³-hybridized carbons (Fsp3) is 0.591. The summed E-state index contributed by atoms with van der Waals surface area (Å²) >= 11 is 0. The Balaban J connectivity index is 2.55. The van der Waals surface area contributed by atoms with Gasteiger partial charge in [0.15, 0.2) is 0 Å². The van der Waals surface area contributed by atoms with Gasteiger partial charge in [0.25, 0.3) is 0 Å². The molecule has 6 nitrogen and oxygen atoms in total. The van der Waals surface area contributed by atoms with E-state index in [1.165, 1.54) is 23.0 Å². The Bertz CT molecular complexity index is 866. The SMILES string of the molecule is CCCCC(CCC)c1ccc2c(c1)n(C)c(=O)n2C(CCC)C(=O)NC=O. The lowest BCUT2D eigenvalue weighted by molar-refractivity contribution is -0.128. The Morgan fingerprint density at radius 2 is 1.79 bits per heavy atom. The normalized spacial score (nSPS) is 13.4. The van der Waals surface area contributed by atoms with E-state index >= 15 is 0 Å². The van der Waals surface area contributed by atoms with Gasteiger partial charge < -0.3 is 0 Å². The second kappa shape index (κ2) is 10.2. The molecule has 1 aromatic carbocycles. The molecule has 0 spiro atoms. The van der Waals surface area contributed by atoms with Crippen LogP contribution in [-0.4, -0.2) is 21.5 Å². The van der Waals surface area contributed by atoms with E-state index in [4.69, 9.17) is 0 Å². The first-order valence-electron chi connectivity index (χ1n) is 10.4. The van der Waals surface area contributed by atoms with Crippen molar-refractivity contribution in [2.45, 2.75) is 77.7 Å². The van der Waals surface area contributed by atoms with Crippen LogP contribution in [0.1, 0.15) is 83.2 Å². The van der Waals surface area contributed by atoms with E-state index in [0.717, 1.165) is 36.7 Å². The number of carbonyl (C=O) groups is 2. The predicted molar refractivity (Wildman–Crippen MR) is 113 cm³/mol. The molecule has 2 unspecified atom stereocenters. The fourth-order valence-corrected chi connectivity index (χ4v) is 4.02. The molecule has 0 aliphatic heterocycles. The number of fused-ring (bicyclic) bond motifs is 1. The van der Waals surface area contributed by atoms with Crippen LogP contribution < -0.4 is 11.0 Å². The summed E-state index contributed by atoms with van der Waals surface area (Å²) in [5, 5.41) is 2.21. The molecule has 2 rings (SSSR count). The maximum absolute atomic E-state index is 12.9. The Hall–Kier alpha value is -2.37. The van der Waals surface area contributed by atoms with Crippen LogP contribution in [-0.2, 0) is 16.6 Å². The third-order valence-corrected chi connectivity index (χ3v) is 5.51. The van der Waals surface area contributed by atoms with Crippen molar-refractivity contribution in [1.82, 2.24) is 14.5 Å². The molecule has 0 fully saturated rings. The summed E-state index contributed by atoms with van der Waals surface area (Å²) < 4.78 is 3.14. The first kappa shape index (κ1) is 21.9. The van der Waals surface area contributed by atoms with Gasteiger partial charge in [0, 0.05) is 7.05 Å². The summed E-state index contributed by atoms with van der Waals surface area (Å²) in [6, 6.07) is 5.46. The lowest BCUT2D eigenvalue weighted by Crippen LogP contribution is -2.36. The minimum absolute atomic E-state index is 0.229. The van der Waals surface area contributed by atoms with Gasteiger partial charge in [-0.05, 0) is 42.9 Å². The zero-order chi connectivity index (χ0) is 20.7. The number of hydrogen-bond donors (Lipinski definition) is 1. The lowest BCUT2D eigenvalue weighted by atomic mass is 9.89. The number of nitrogens with zero attached hydrogens (tertiary/aromatic N) is 2. The van der Waals surface area contributed by atoms with Gasteiger partial charge in [-0.15, -0.1) is 0 Å². The van der Waals surface area contributed by atoms with Gasteiger partial charge >= 0.3 is 5.69 Å². The summed E-state index contributed by atoms with van der Waals surface area (Å²) in [7, 11) is 1.74. The van der Waals surface area contributed by atoms with Crippen molar-refractivity contribution in [3.63, 3.8) is 0 Å². The second-order valence-electron chi connectivity index (χ2n) is 7.52. The molecule has 0 aliphatic rings. The number of aromatic nitrogens is 2. The molecule has 1 aromatic heterocycles. The summed E-state index contributed by atoms with van der Waals surface area (Å²) in [5.74, 6) is 0.0416. The van der Waals surface area contributed by atoms with Gasteiger partial charge in [0.2, 0.25) is 12.3 Å². The molecular weight excluding hydrogens is 354 g/mol. The molecule has 0 saturated carbocycles. The molecule has 1 heterocycles. The Morgan fingerprint density at radius 3 is 2.39 bits per heavy atom. The van der Waals surface area contributed by atoms with E-state index in [9.17, 15) is 14.4 Å². The number of carbonyl (C=O) groups excluding carboxylic acids is 2. The molecule has 154 valence electrons. The van der Waals surface area contributed by atoms with E-state index < -0.39 is 11.9 Å². The van der Waals surface area contributed by atoms with Crippen molar-refractivity contribution in [2.24, 2.45) is 7.05 Å². The van der Waals surface area contributed by atoms with E-state index in [1.807, 2.05) is 13.0 Å². The maximum atomic E-state index is 12.9. The average molecular weight is 388 g/mol. The number of imidazole rings is 1. The number of benzene rings is 1. The molecule has 0 bridgehead atoms. The molecule has 6 heteroatoms. The number of unbranched alkanes of at least 4 members (excludes halogenated alkanes) is 1. The van der Waals surface area contributed by atoms with E-state index in [1.54, 1.807) is 11.6 Å². The topological polar surface area (TPSA) is 73.1 Å². The standard InChI is InChI=1S/C22H33N3O3/c1-5-8-11-16(9-6-2)17-12-13-18-20(14-17)24(4)22(28)25(18)19(10-7-3)21(27)23-15-26/h12-16,19H,5-11H2,1-4H3,(H,23,26,27). The average Bonchev–Trinajstić information content (AvgIpc) is 2.93. The third kappa shape index (κ3) is 4.54. The van der Waals surface area contributed by atoms with Crippen LogP contribution in [0.5, 0.6) is 0 Å². The predicted octanol–water partition coefficient (Wildman–Crippen LogP) is 4.03. The summed E-state index contributed by atoms with van der Waals surface area (Å²) in [4.78, 5) is 36.1. The fourth-order valence-electron chi connectivity index (χ4n) is 4.02. The highest BCUT2D eigenvalue weighted by Gasteiger charge is 2.25. The zero-order valence-corrected chi connectivity index (χ0v) is 17.5. The number of rotatable bonds is 11. The Kier molecular flexibility index (Phi) is 8.03. The third-order valence-electron chi connectivity index (χ3n) is 5.51. The molecule has 0 radical (unpaired) electrons. The van der Waals surface area contributed by atoms with Crippen molar-refractivity contribution in [1.29, 1.82) is 0 Å². The van der Waals surface area contributed by atoms with Crippen molar-refractivity contribution in [3.05, 3.63) is 34.2 Å². The van der Waals surface area contributed by atoms with Gasteiger partial charge in [0.05, 0.1) is 11.0 Å². The number of amides is 2.